The van der Waals surface area contributed by atoms with E-state index in [9.17, 15) is 19.6 Å². The Balaban J connectivity index is 1.89. The zero-order valence-corrected chi connectivity index (χ0v) is 17.8. The highest BCUT2D eigenvalue weighted by molar-refractivity contribution is 5.95. The van der Waals surface area contributed by atoms with E-state index < -0.39 is 17.4 Å². The summed E-state index contributed by atoms with van der Waals surface area (Å²) >= 11 is 0. The van der Waals surface area contributed by atoms with Gasteiger partial charge in [0.15, 0.2) is 5.69 Å². The minimum absolute atomic E-state index is 0.122. The SMILES string of the molecule is CCOc1ccc(-n2nc(C(=O)N/N=C/c3ccc(C(=O)O)cc3)c(C)c(C#N)c2=O)cc1. The van der Waals surface area contributed by atoms with Crippen LogP contribution in [-0.4, -0.2) is 39.6 Å². The quantitative estimate of drug-likeness (QED) is 0.419. The molecule has 0 aliphatic carbocycles. The Bertz CT molecular complexity index is 1320. The van der Waals surface area contributed by atoms with Crippen molar-refractivity contribution < 1.29 is 19.4 Å². The van der Waals surface area contributed by atoms with Gasteiger partial charge in [0.25, 0.3) is 11.5 Å². The molecule has 0 unspecified atom stereocenters. The molecule has 0 aliphatic heterocycles. The second-order valence-electron chi connectivity index (χ2n) is 6.73. The monoisotopic (exact) mass is 445 g/mol. The molecule has 0 spiro atoms. The van der Waals surface area contributed by atoms with Gasteiger partial charge in [-0.2, -0.15) is 20.1 Å². The van der Waals surface area contributed by atoms with Crippen LogP contribution < -0.4 is 15.7 Å². The molecule has 2 N–H and O–H groups in total. The molecule has 0 aliphatic rings. The predicted molar refractivity (Wildman–Crippen MR) is 119 cm³/mol. The average molecular weight is 445 g/mol. The van der Waals surface area contributed by atoms with Crippen LogP contribution in [0.15, 0.2) is 58.4 Å². The summed E-state index contributed by atoms with van der Waals surface area (Å²) in [5, 5.41) is 26.4. The highest BCUT2D eigenvalue weighted by Gasteiger charge is 2.20. The Hall–Kier alpha value is -4.78. The first kappa shape index (κ1) is 22.9. The lowest BCUT2D eigenvalue weighted by Crippen LogP contribution is -2.31. The highest BCUT2D eigenvalue weighted by atomic mass is 16.5. The number of nitrogens with zero attached hydrogens (tertiary/aromatic N) is 4. The minimum atomic E-state index is -1.05. The number of amides is 1. The number of benzene rings is 2. The number of hydrogen-bond acceptors (Lipinski definition) is 7. The molecule has 33 heavy (non-hydrogen) atoms. The number of rotatable bonds is 7. The van der Waals surface area contributed by atoms with Crippen molar-refractivity contribution in [3.8, 4) is 17.5 Å². The highest BCUT2D eigenvalue weighted by Crippen LogP contribution is 2.15. The average Bonchev–Trinajstić information content (AvgIpc) is 2.81. The summed E-state index contributed by atoms with van der Waals surface area (Å²) in [5.74, 6) is -1.17. The number of hydrogen-bond donors (Lipinski definition) is 2. The third kappa shape index (κ3) is 5.11. The summed E-state index contributed by atoms with van der Waals surface area (Å²) in [6.07, 6.45) is 1.33. The number of carboxylic acid groups (broad SMARTS) is 1. The van der Waals surface area contributed by atoms with Crippen LogP contribution in [-0.2, 0) is 0 Å². The Labute approximate surface area is 188 Å². The fourth-order valence-electron chi connectivity index (χ4n) is 2.91. The minimum Gasteiger partial charge on any atom is -0.494 e. The number of nitriles is 1. The molecular weight excluding hydrogens is 426 g/mol. The molecule has 0 saturated heterocycles. The van der Waals surface area contributed by atoms with Gasteiger partial charge in [0.1, 0.15) is 17.4 Å². The fourth-order valence-corrected chi connectivity index (χ4v) is 2.91. The van der Waals surface area contributed by atoms with Crippen LogP contribution in [0.4, 0.5) is 0 Å². The van der Waals surface area contributed by atoms with Gasteiger partial charge in [0, 0.05) is 5.56 Å². The Kier molecular flexibility index (Phi) is 6.95. The molecule has 0 fully saturated rings. The van der Waals surface area contributed by atoms with E-state index in [4.69, 9.17) is 9.84 Å². The second kappa shape index (κ2) is 10.0. The smallest absolute Gasteiger partial charge is 0.335 e. The maximum absolute atomic E-state index is 12.7. The van der Waals surface area contributed by atoms with E-state index in [0.29, 0.717) is 23.6 Å². The van der Waals surface area contributed by atoms with Crippen molar-refractivity contribution in [2.75, 3.05) is 6.61 Å². The second-order valence-corrected chi connectivity index (χ2v) is 6.73. The molecule has 0 saturated carbocycles. The number of hydrazone groups is 1. The molecule has 10 heteroatoms. The van der Waals surface area contributed by atoms with Crippen LogP contribution in [0.3, 0.4) is 0 Å². The van der Waals surface area contributed by atoms with E-state index in [1.807, 2.05) is 13.0 Å². The van der Waals surface area contributed by atoms with Gasteiger partial charge in [-0.05, 0) is 55.8 Å². The number of nitrogens with one attached hydrogen (secondary N) is 1. The maximum Gasteiger partial charge on any atom is 0.335 e. The molecule has 166 valence electrons. The van der Waals surface area contributed by atoms with Gasteiger partial charge < -0.3 is 9.84 Å². The largest absolute Gasteiger partial charge is 0.494 e. The summed E-state index contributed by atoms with van der Waals surface area (Å²) in [6, 6.07) is 14.2. The van der Waals surface area contributed by atoms with Crippen molar-refractivity contribution in [3.05, 3.63) is 86.8 Å². The Morgan fingerprint density at radius 3 is 2.45 bits per heavy atom. The van der Waals surface area contributed by atoms with Crippen LogP contribution in [0.25, 0.3) is 5.69 Å². The van der Waals surface area contributed by atoms with Crippen LogP contribution >= 0.6 is 0 Å². The van der Waals surface area contributed by atoms with Crippen molar-refractivity contribution >= 4 is 18.1 Å². The van der Waals surface area contributed by atoms with Crippen molar-refractivity contribution in [1.82, 2.24) is 15.2 Å². The van der Waals surface area contributed by atoms with Gasteiger partial charge >= 0.3 is 5.97 Å². The fraction of sp³-hybridized carbons (Fsp3) is 0.130. The summed E-state index contributed by atoms with van der Waals surface area (Å²) < 4.78 is 6.36. The molecule has 2 aromatic carbocycles. The van der Waals surface area contributed by atoms with Crippen LogP contribution in [0.1, 0.15) is 44.5 Å². The molecule has 0 bridgehead atoms. The first-order chi connectivity index (χ1) is 15.8. The number of carbonyl (C=O) groups is 2. The topological polar surface area (TPSA) is 147 Å². The summed E-state index contributed by atoms with van der Waals surface area (Å²) in [7, 11) is 0. The maximum atomic E-state index is 12.7. The third-order valence-corrected chi connectivity index (χ3v) is 4.59. The molecular formula is C23H19N5O5. The normalized spacial score (nSPS) is 10.6. The molecule has 3 aromatic rings. The van der Waals surface area contributed by atoms with E-state index in [-0.39, 0.29) is 22.4 Å². The molecule has 0 radical (unpaired) electrons. The van der Waals surface area contributed by atoms with E-state index in [1.165, 1.54) is 37.4 Å². The van der Waals surface area contributed by atoms with Gasteiger partial charge in [-0.15, -0.1) is 0 Å². The van der Waals surface area contributed by atoms with Crippen molar-refractivity contribution in [2.24, 2.45) is 5.10 Å². The molecule has 1 heterocycles. The molecule has 3 rings (SSSR count). The molecule has 0 atom stereocenters. The zero-order chi connectivity index (χ0) is 24.0. The van der Waals surface area contributed by atoms with Crippen molar-refractivity contribution in [1.29, 1.82) is 5.26 Å². The standard InChI is InChI=1S/C23H19N5O5/c1-3-33-18-10-8-17(9-11-18)28-22(30)19(12-24)14(2)20(27-28)21(29)26-25-13-15-4-6-16(7-5-15)23(31)32/h4-11,13H,3H2,1-2H3,(H,26,29)(H,31,32)/b25-13+. The van der Waals surface area contributed by atoms with Crippen LogP contribution in [0.2, 0.25) is 0 Å². The lowest BCUT2D eigenvalue weighted by molar-refractivity contribution is 0.0696. The zero-order valence-electron chi connectivity index (χ0n) is 17.8. The third-order valence-electron chi connectivity index (χ3n) is 4.59. The van der Waals surface area contributed by atoms with E-state index >= 15 is 0 Å². The number of aromatic nitrogens is 2. The predicted octanol–water partition coefficient (Wildman–Crippen LogP) is 2.27. The lowest BCUT2D eigenvalue weighted by Gasteiger charge is -2.11. The van der Waals surface area contributed by atoms with Gasteiger partial charge in [-0.1, -0.05) is 12.1 Å². The molecule has 1 aromatic heterocycles. The van der Waals surface area contributed by atoms with Gasteiger partial charge in [0.2, 0.25) is 0 Å². The van der Waals surface area contributed by atoms with Crippen LogP contribution in [0, 0.1) is 18.3 Å². The summed E-state index contributed by atoms with van der Waals surface area (Å²) in [6.45, 7) is 3.78. The number of ether oxygens (including phenoxy) is 1. The molecule has 1 amide bonds. The Morgan fingerprint density at radius 1 is 1.21 bits per heavy atom. The van der Waals surface area contributed by atoms with Crippen molar-refractivity contribution in [2.45, 2.75) is 13.8 Å². The van der Waals surface area contributed by atoms with Gasteiger partial charge in [-0.25, -0.2) is 10.2 Å². The van der Waals surface area contributed by atoms with Crippen LogP contribution in [0.5, 0.6) is 5.75 Å². The van der Waals surface area contributed by atoms with E-state index in [1.54, 1.807) is 24.3 Å². The lowest BCUT2D eigenvalue weighted by atomic mass is 10.1. The van der Waals surface area contributed by atoms with Crippen molar-refractivity contribution in [3.63, 3.8) is 0 Å². The number of aromatic carboxylic acids is 1. The van der Waals surface area contributed by atoms with Gasteiger partial charge in [-0.3, -0.25) is 9.59 Å². The first-order valence-electron chi connectivity index (χ1n) is 9.79. The van der Waals surface area contributed by atoms with Gasteiger partial charge in [0.05, 0.1) is 24.1 Å². The summed E-state index contributed by atoms with van der Waals surface area (Å²) in [5.41, 5.74) is 2.47. The summed E-state index contributed by atoms with van der Waals surface area (Å²) in [4.78, 5) is 36.3. The van der Waals surface area contributed by atoms with E-state index in [2.05, 4.69) is 15.6 Å². The Morgan fingerprint density at radius 2 is 1.88 bits per heavy atom. The van der Waals surface area contributed by atoms with E-state index in [0.717, 1.165) is 4.68 Å². The number of carboxylic acids is 1. The number of carbonyl (C=O) groups excluding carboxylic acids is 1. The molecule has 10 nitrogen and oxygen atoms in total. The first-order valence-corrected chi connectivity index (χ1v) is 9.79.